The number of para-hydroxylation sites is 1. The van der Waals surface area contributed by atoms with Crippen LogP contribution in [0.4, 0.5) is 17.2 Å². The van der Waals surface area contributed by atoms with E-state index in [0.717, 1.165) is 21.5 Å². The molecule has 0 saturated carbocycles. The van der Waals surface area contributed by atoms with Crippen molar-refractivity contribution < 1.29 is 9.53 Å². The van der Waals surface area contributed by atoms with Crippen molar-refractivity contribution in [3.63, 3.8) is 0 Å². The molecule has 2 heterocycles. The molecule has 9 heteroatoms. The number of carbonyl (C=O) groups excluding carboxylic acids is 1. The average Bonchev–Trinajstić information content (AvgIpc) is 3.19. The van der Waals surface area contributed by atoms with Gasteiger partial charge in [-0.05, 0) is 36.8 Å². The highest BCUT2D eigenvalue weighted by molar-refractivity contribution is 7.21. The van der Waals surface area contributed by atoms with Gasteiger partial charge in [-0.1, -0.05) is 41.9 Å². The molecule has 0 unspecified atom stereocenters. The Morgan fingerprint density at radius 2 is 2.06 bits per heavy atom. The Morgan fingerprint density at radius 3 is 2.81 bits per heavy atom. The molecule has 0 atom stereocenters. The number of fused-ring (bicyclic) bond motifs is 1. The maximum Gasteiger partial charge on any atom is 0.247 e. The van der Waals surface area contributed by atoms with Crippen LogP contribution in [0.1, 0.15) is 5.56 Å². The van der Waals surface area contributed by atoms with E-state index in [0.29, 0.717) is 37.9 Å². The van der Waals surface area contributed by atoms with Gasteiger partial charge >= 0.3 is 0 Å². The van der Waals surface area contributed by atoms with Gasteiger partial charge in [-0.15, -0.1) is 11.3 Å². The van der Waals surface area contributed by atoms with Crippen molar-refractivity contribution in [3.05, 3.63) is 70.9 Å². The summed E-state index contributed by atoms with van der Waals surface area (Å²) < 4.78 is 6.21. The lowest BCUT2D eigenvalue weighted by Crippen LogP contribution is -2.10. The van der Waals surface area contributed by atoms with Crippen LogP contribution < -0.4 is 15.4 Å². The summed E-state index contributed by atoms with van der Waals surface area (Å²) in [6, 6.07) is 11.0. The summed E-state index contributed by atoms with van der Waals surface area (Å²) in [5, 5.41) is 7.68. The van der Waals surface area contributed by atoms with Gasteiger partial charge in [0.05, 0.1) is 45.0 Å². The van der Waals surface area contributed by atoms with Crippen molar-refractivity contribution >= 4 is 67.9 Å². The van der Waals surface area contributed by atoms with E-state index in [4.69, 9.17) is 27.9 Å². The number of nitrogens with one attached hydrogen (secondary N) is 2. The van der Waals surface area contributed by atoms with Gasteiger partial charge in [0.25, 0.3) is 0 Å². The summed E-state index contributed by atoms with van der Waals surface area (Å²) in [5.74, 6) is 0.847. The second-order valence-corrected chi connectivity index (χ2v) is 8.63. The molecule has 0 radical (unpaired) electrons. The quantitative estimate of drug-likeness (QED) is 0.292. The van der Waals surface area contributed by atoms with Gasteiger partial charge in [0.1, 0.15) is 22.1 Å². The molecule has 6 nitrogen and oxygen atoms in total. The zero-order chi connectivity index (χ0) is 22.8. The zero-order valence-electron chi connectivity index (χ0n) is 17.2. The third kappa shape index (κ3) is 4.27. The number of carbonyl (C=O) groups is 1. The van der Waals surface area contributed by atoms with Crippen LogP contribution in [0.15, 0.2) is 55.3 Å². The summed E-state index contributed by atoms with van der Waals surface area (Å²) in [5.41, 5.74) is 3.68. The summed E-state index contributed by atoms with van der Waals surface area (Å²) in [7, 11) is 1.55. The van der Waals surface area contributed by atoms with E-state index < -0.39 is 0 Å². The van der Waals surface area contributed by atoms with Gasteiger partial charge in [0.15, 0.2) is 0 Å². The second kappa shape index (κ2) is 9.16. The monoisotopic (exact) mass is 484 g/mol. The van der Waals surface area contributed by atoms with Gasteiger partial charge in [-0.25, -0.2) is 9.97 Å². The van der Waals surface area contributed by atoms with Crippen molar-refractivity contribution in [1.29, 1.82) is 0 Å². The molecule has 0 spiro atoms. The van der Waals surface area contributed by atoms with E-state index in [2.05, 4.69) is 27.2 Å². The fourth-order valence-corrected chi connectivity index (χ4v) is 4.92. The molecule has 0 aliphatic heterocycles. The van der Waals surface area contributed by atoms with Crippen LogP contribution in [-0.4, -0.2) is 23.0 Å². The first-order valence-corrected chi connectivity index (χ1v) is 11.1. The van der Waals surface area contributed by atoms with Crippen LogP contribution in [-0.2, 0) is 4.79 Å². The molecular formula is C23H18Cl2N4O2S. The normalized spacial score (nSPS) is 10.8. The first-order valence-electron chi connectivity index (χ1n) is 9.50. The molecule has 2 aromatic heterocycles. The molecule has 0 aliphatic carbocycles. The number of anilines is 3. The highest BCUT2D eigenvalue weighted by atomic mass is 35.5. The van der Waals surface area contributed by atoms with Crippen LogP contribution in [0.5, 0.6) is 5.75 Å². The largest absolute Gasteiger partial charge is 0.495 e. The van der Waals surface area contributed by atoms with E-state index in [1.54, 1.807) is 25.4 Å². The SMILES string of the molecule is C=CC(=O)Nc1cccc(C)c1Nc1cc2sc(-c3c(Cl)ccc(OC)c3Cl)nc2cn1. The Labute approximate surface area is 198 Å². The topological polar surface area (TPSA) is 76.1 Å². The van der Waals surface area contributed by atoms with E-state index in [9.17, 15) is 4.79 Å². The number of pyridine rings is 1. The maximum atomic E-state index is 11.8. The first kappa shape index (κ1) is 22.1. The summed E-state index contributed by atoms with van der Waals surface area (Å²) in [6.45, 7) is 5.45. The van der Waals surface area contributed by atoms with Gasteiger partial charge in [-0.3, -0.25) is 4.79 Å². The van der Waals surface area contributed by atoms with Crippen LogP contribution >= 0.6 is 34.5 Å². The minimum atomic E-state index is -0.291. The molecule has 2 aromatic carbocycles. The average molecular weight is 485 g/mol. The Morgan fingerprint density at radius 1 is 1.25 bits per heavy atom. The molecule has 0 fully saturated rings. The smallest absolute Gasteiger partial charge is 0.247 e. The van der Waals surface area contributed by atoms with E-state index in [1.165, 1.54) is 17.4 Å². The van der Waals surface area contributed by atoms with E-state index >= 15 is 0 Å². The van der Waals surface area contributed by atoms with E-state index in [-0.39, 0.29) is 5.91 Å². The van der Waals surface area contributed by atoms with Crippen molar-refractivity contribution in [2.24, 2.45) is 0 Å². The zero-order valence-corrected chi connectivity index (χ0v) is 19.5. The third-order valence-corrected chi connectivity index (χ3v) is 6.46. The lowest BCUT2D eigenvalue weighted by Gasteiger charge is -2.14. The first-order chi connectivity index (χ1) is 15.4. The van der Waals surface area contributed by atoms with Gasteiger partial charge in [0.2, 0.25) is 5.91 Å². The number of ether oxygens (including phenoxy) is 1. The predicted octanol–water partition coefficient (Wildman–Crippen LogP) is 6.85. The Bertz CT molecular complexity index is 1350. The number of aromatic nitrogens is 2. The number of benzene rings is 2. The molecule has 162 valence electrons. The van der Waals surface area contributed by atoms with Crippen LogP contribution in [0, 0.1) is 6.92 Å². The van der Waals surface area contributed by atoms with E-state index in [1.807, 2.05) is 31.2 Å². The lowest BCUT2D eigenvalue weighted by atomic mass is 10.1. The van der Waals surface area contributed by atoms with Gasteiger partial charge in [0, 0.05) is 6.07 Å². The Hall–Kier alpha value is -3.13. The molecular weight excluding hydrogens is 467 g/mol. The summed E-state index contributed by atoms with van der Waals surface area (Å²) in [4.78, 5) is 20.9. The molecule has 0 saturated heterocycles. The molecule has 0 aliphatic rings. The van der Waals surface area contributed by atoms with Crippen molar-refractivity contribution in [2.45, 2.75) is 6.92 Å². The number of aryl methyl sites for hydroxylation is 1. The van der Waals surface area contributed by atoms with Crippen LogP contribution in [0.25, 0.3) is 20.8 Å². The molecule has 1 amide bonds. The Balaban J connectivity index is 1.72. The number of methoxy groups -OCH3 is 1. The highest BCUT2D eigenvalue weighted by Gasteiger charge is 2.18. The number of hydrogen-bond acceptors (Lipinski definition) is 6. The van der Waals surface area contributed by atoms with Crippen LogP contribution in [0.2, 0.25) is 10.0 Å². The number of amides is 1. The lowest BCUT2D eigenvalue weighted by molar-refractivity contribution is -0.111. The second-order valence-electron chi connectivity index (χ2n) is 6.81. The van der Waals surface area contributed by atoms with Gasteiger partial charge < -0.3 is 15.4 Å². The molecule has 2 N–H and O–H groups in total. The molecule has 4 aromatic rings. The predicted molar refractivity (Wildman–Crippen MR) is 133 cm³/mol. The Kier molecular flexibility index (Phi) is 6.32. The minimum absolute atomic E-state index is 0.291. The maximum absolute atomic E-state index is 11.8. The number of nitrogens with zero attached hydrogens (tertiary/aromatic N) is 2. The fraction of sp³-hybridized carbons (Fsp3) is 0.0870. The molecule has 32 heavy (non-hydrogen) atoms. The number of thiazole rings is 1. The molecule has 4 rings (SSSR count). The van der Waals surface area contributed by atoms with Crippen molar-refractivity contribution in [3.8, 4) is 16.3 Å². The minimum Gasteiger partial charge on any atom is -0.495 e. The van der Waals surface area contributed by atoms with Crippen molar-refractivity contribution in [1.82, 2.24) is 9.97 Å². The number of hydrogen-bond donors (Lipinski definition) is 2. The standard InChI is InChI=1S/C23H18Cl2N4O2S/c1-4-19(30)27-14-7-5-6-12(2)22(14)29-18-10-17-15(11-26-18)28-23(32-17)20-13(24)8-9-16(31-3)21(20)25/h4-11H,1H2,2-3H3,(H,26,29)(H,27,30). The van der Waals surface area contributed by atoms with Crippen molar-refractivity contribution in [2.75, 3.05) is 17.7 Å². The third-order valence-electron chi connectivity index (χ3n) is 4.73. The number of halogens is 2. The van der Waals surface area contributed by atoms with Crippen LogP contribution in [0.3, 0.4) is 0 Å². The summed E-state index contributed by atoms with van der Waals surface area (Å²) >= 11 is 14.3. The fourth-order valence-electron chi connectivity index (χ4n) is 3.14. The summed E-state index contributed by atoms with van der Waals surface area (Å²) in [6.07, 6.45) is 2.91. The number of rotatable bonds is 6. The highest BCUT2D eigenvalue weighted by Crippen LogP contribution is 2.43. The van der Waals surface area contributed by atoms with Gasteiger partial charge in [-0.2, -0.15) is 0 Å². The molecule has 0 bridgehead atoms.